The van der Waals surface area contributed by atoms with E-state index in [0.717, 1.165) is 60.4 Å². The first-order chi connectivity index (χ1) is 21.4. The minimum Gasteiger partial charge on any atom is -0.497 e. The number of anilines is 2. The number of nitrogens with one attached hydrogen (secondary N) is 3. The number of methoxy groups -OCH3 is 1. The van der Waals surface area contributed by atoms with E-state index in [1.54, 1.807) is 18.1 Å². The number of carbonyl (C=O) groups is 2. The summed E-state index contributed by atoms with van der Waals surface area (Å²) in [6, 6.07) is 23.1. The second-order valence-corrected chi connectivity index (χ2v) is 12.0. The number of carbonyl (C=O) groups excluding carboxylic acids is 2. The van der Waals surface area contributed by atoms with E-state index in [2.05, 4.69) is 28.1 Å². The van der Waals surface area contributed by atoms with Crippen LogP contribution in [0.4, 0.5) is 11.4 Å². The Labute approximate surface area is 261 Å². The van der Waals surface area contributed by atoms with Gasteiger partial charge in [-0.15, -0.1) is 0 Å². The molecule has 1 saturated heterocycles. The first-order valence-corrected chi connectivity index (χ1v) is 16.0. The first-order valence-electron chi connectivity index (χ1n) is 16.0. The molecule has 2 fully saturated rings. The van der Waals surface area contributed by atoms with E-state index < -0.39 is 12.1 Å². The van der Waals surface area contributed by atoms with E-state index in [1.165, 1.54) is 6.42 Å². The molecule has 0 bridgehead atoms. The molecular formula is C36H46N4O4. The minimum atomic E-state index is -0.847. The number of nitrogens with zero attached hydrogens (tertiary/aromatic N) is 1. The average Bonchev–Trinajstić information content (AvgIpc) is 3.50. The Morgan fingerprint density at radius 2 is 1.80 bits per heavy atom. The van der Waals surface area contributed by atoms with Gasteiger partial charge in [-0.1, -0.05) is 61.7 Å². The van der Waals surface area contributed by atoms with Gasteiger partial charge in [0.1, 0.15) is 5.75 Å². The number of amides is 2. The minimum absolute atomic E-state index is 0.0705. The van der Waals surface area contributed by atoms with Crippen LogP contribution in [0.25, 0.3) is 0 Å². The van der Waals surface area contributed by atoms with Crippen LogP contribution in [0.2, 0.25) is 0 Å². The number of hydrogen-bond acceptors (Lipinski definition) is 6. The molecule has 2 amide bonds. The maximum Gasteiger partial charge on any atom is 0.251 e. The Bertz CT molecular complexity index is 1410. The molecule has 0 radical (unpaired) electrons. The molecule has 8 nitrogen and oxygen atoms in total. The molecule has 3 aromatic carbocycles. The number of benzene rings is 3. The number of aliphatic hydroxyl groups excluding tert-OH is 1. The Morgan fingerprint density at radius 3 is 2.50 bits per heavy atom. The van der Waals surface area contributed by atoms with E-state index in [0.29, 0.717) is 38.0 Å². The van der Waals surface area contributed by atoms with Crippen molar-refractivity contribution in [2.24, 2.45) is 0 Å². The van der Waals surface area contributed by atoms with E-state index in [1.807, 2.05) is 61.5 Å². The molecule has 1 aliphatic carbocycles. The third-order valence-electron chi connectivity index (χ3n) is 9.00. The molecule has 234 valence electrons. The molecule has 44 heavy (non-hydrogen) atoms. The fourth-order valence-electron chi connectivity index (χ4n) is 6.61. The van der Waals surface area contributed by atoms with Crippen molar-refractivity contribution in [3.8, 4) is 5.75 Å². The Kier molecular flexibility index (Phi) is 10.6. The highest BCUT2D eigenvalue weighted by Crippen LogP contribution is 2.38. The summed E-state index contributed by atoms with van der Waals surface area (Å²) in [4.78, 5) is 28.1. The molecule has 0 spiro atoms. The maximum absolute atomic E-state index is 13.8. The van der Waals surface area contributed by atoms with Gasteiger partial charge >= 0.3 is 0 Å². The van der Waals surface area contributed by atoms with Gasteiger partial charge in [0.2, 0.25) is 5.91 Å². The SMILES string of the molecule is CCNc1cc(C(=O)N[C@@H](Cc2ccccc2)[C@@H](O)CNC2(c3cccc(OC)c3)CCCCC2)cc(N2CCCC2=O)c1. The van der Waals surface area contributed by atoms with Gasteiger partial charge in [-0.25, -0.2) is 0 Å². The molecule has 5 rings (SSSR count). The summed E-state index contributed by atoms with van der Waals surface area (Å²) in [5.74, 6) is 0.609. The van der Waals surface area contributed by atoms with Crippen LogP contribution in [0.5, 0.6) is 5.75 Å². The van der Waals surface area contributed by atoms with Crippen molar-refractivity contribution in [2.45, 2.75) is 76.0 Å². The van der Waals surface area contributed by atoms with Gasteiger partial charge in [-0.05, 0) is 74.1 Å². The Hall–Kier alpha value is -3.88. The third kappa shape index (κ3) is 7.60. The summed E-state index contributed by atoms with van der Waals surface area (Å²) in [5, 5.41) is 21.9. The van der Waals surface area contributed by atoms with Crippen LogP contribution in [0.1, 0.15) is 73.4 Å². The zero-order valence-corrected chi connectivity index (χ0v) is 26.0. The van der Waals surface area contributed by atoms with Gasteiger partial charge in [-0.2, -0.15) is 0 Å². The summed E-state index contributed by atoms with van der Waals surface area (Å²) in [6.45, 7) is 3.65. The highest BCUT2D eigenvalue weighted by atomic mass is 16.5. The van der Waals surface area contributed by atoms with Crippen molar-refractivity contribution in [1.29, 1.82) is 0 Å². The van der Waals surface area contributed by atoms with Gasteiger partial charge < -0.3 is 30.7 Å². The second-order valence-electron chi connectivity index (χ2n) is 12.0. The lowest BCUT2D eigenvalue weighted by Gasteiger charge is -2.40. The quantitative estimate of drug-likeness (QED) is 0.210. The number of hydrogen-bond donors (Lipinski definition) is 4. The van der Waals surface area contributed by atoms with Crippen LogP contribution in [0.15, 0.2) is 72.8 Å². The summed E-state index contributed by atoms with van der Waals surface area (Å²) in [5.41, 5.74) is 3.88. The molecule has 0 aromatic heterocycles. The highest BCUT2D eigenvalue weighted by molar-refractivity contribution is 6.00. The van der Waals surface area contributed by atoms with Crippen molar-refractivity contribution in [2.75, 3.05) is 37.0 Å². The van der Waals surface area contributed by atoms with Crippen molar-refractivity contribution >= 4 is 23.2 Å². The van der Waals surface area contributed by atoms with Gasteiger partial charge in [0.15, 0.2) is 0 Å². The smallest absolute Gasteiger partial charge is 0.251 e. The number of rotatable bonds is 13. The zero-order chi connectivity index (χ0) is 30.9. The monoisotopic (exact) mass is 598 g/mol. The van der Waals surface area contributed by atoms with Crippen molar-refractivity contribution in [3.05, 3.63) is 89.5 Å². The molecular weight excluding hydrogens is 552 g/mol. The second kappa shape index (κ2) is 14.7. The van der Waals surface area contributed by atoms with Crippen LogP contribution in [-0.2, 0) is 16.8 Å². The fourth-order valence-corrected chi connectivity index (χ4v) is 6.61. The molecule has 2 aliphatic rings. The lowest BCUT2D eigenvalue weighted by atomic mass is 9.76. The third-order valence-corrected chi connectivity index (χ3v) is 9.00. The molecule has 1 heterocycles. The zero-order valence-electron chi connectivity index (χ0n) is 26.0. The summed E-state index contributed by atoms with van der Waals surface area (Å²) < 4.78 is 5.53. The van der Waals surface area contributed by atoms with Crippen LogP contribution < -0.4 is 25.6 Å². The number of ether oxygens (including phenoxy) is 1. The van der Waals surface area contributed by atoms with Gasteiger partial charge in [-0.3, -0.25) is 9.59 Å². The largest absolute Gasteiger partial charge is 0.497 e. The van der Waals surface area contributed by atoms with Crippen LogP contribution in [0, 0.1) is 0 Å². The molecule has 0 unspecified atom stereocenters. The standard InChI is InChI=1S/C36H46N4O4/c1-3-37-29-21-27(22-30(24-29)40-19-11-16-34(40)42)35(43)39-32(20-26-12-6-4-7-13-26)33(41)25-38-36(17-8-5-9-18-36)28-14-10-15-31(23-28)44-2/h4,6-7,10,12-15,21-24,32-33,37-38,41H,3,5,8-9,11,16-20,25H2,1-2H3,(H,39,43)/t32-,33-/m0/s1. The first kappa shape index (κ1) is 31.5. The van der Waals surface area contributed by atoms with Crippen molar-refractivity contribution in [1.82, 2.24) is 10.6 Å². The van der Waals surface area contributed by atoms with Crippen LogP contribution in [0.3, 0.4) is 0 Å². The molecule has 3 aromatic rings. The lowest BCUT2D eigenvalue weighted by Crippen LogP contribution is -2.53. The fraction of sp³-hybridized carbons (Fsp3) is 0.444. The van der Waals surface area contributed by atoms with Gasteiger partial charge in [0.05, 0.1) is 19.3 Å². The molecule has 1 aliphatic heterocycles. The molecule has 4 N–H and O–H groups in total. The van der Waals surface area contributed by atoms with Crippen molar-refractivity contribution in [3.63, 3.8) is 0 Å². The Morgan fingerprint density at radius 1 is 1.00 bits per heavy atom. The normalized spacial score (nSPS) is 17.6. The Balaban J connectivity index is 1.38. The van der Waals surface area contributed by atoms with E-state index in [9.17, 15) is 14.7 Å². The summed E-state index contributed by atoms with van der Waals surface area (Å²) >= 11 is 0. The van der Waals surface area contributed by atoms with Gasteiger partial charge in [0, 0.05) is 48.5 Å². The number of aliphatic hydroxyl groups is 1. The van der Waals surface area contributed by atoms with Crippen LogP contribution >= 0.6 is 0 Å². The van der Waals surface area contributed by atoms with Crippen LogP contribution in [-0.4, -0.2) is 55.8 Å². The highest BCUT2D eigenvalue weighted by Gasteiger charge is 2.35. The average molecular weight is 599 g/mol. The van der Waals surface area contributed by atoms with E-state index in [-0.39, 0.29) is 17.4 Å². The van der Waals surface area contributed by atoms with E-state index >= 15 is 0 Å². The molecule has 2 atom stereocenters. The molecule has 1 saturated carbocycles. The summed E-state index contributed by atoms with van der Waals surface area (Å²) in [6.07, 6.45) is 6.30. The van der Waals surface area contributed by atoms with Gasteiger partial charge in [0.25, 0.3) is 5.91 Å². The topological polar surface area (TPSA) is 103 Å². The predicted octanol–water partition coefficient (Wildman–Crippen LogP) is 5.41. The summed E-state index contributed by atoms with van der Waals surface area (Å²) in [7, 11) is 1.68. The molecule has 8 heteroatoms. The van der Waals surface area contributed by atoms with E-state index in [4.69, 9.17) is 4.74 Å². The lowest BCUT2D eigenvalue weighted by molar-refractivity contribution is -0.117. The van der Waals surface area contributed by atoms with Crippen molar-refractivity contribution < 1.29 is 19.4 Å². The maximum atomic E-state index is 13.8. The predicted molar refractivity (Wildman–Crippen MR) is 175 cm³/mol.